The Morgan fingerprint density at radius 1 is 1.40 bits per heavy atom. The quantitative estimate of drug-likeness (QED) is 0.637. The molecule has 0 aliphatic rings. The first kappa shape index (κ1) is 14.4. The second kappa shape index (κ2) is 6.83. The van der Waals surface area contributed by atoms with Gasteiger partial charge in [-0.2, -0.15) is 0 Å². The maximum Gasteiger partial charge on any atom is 0.236 e. The fourth-order valence-corrected chi connectivity index (χ4v) is 1.43. The molecule has 3 nitrogen and oxygen atoms in total. The van der Waals surface area contributed by atoms with Crippen LogP contribution in [0.4, 0.5) is 0 Å². The average Bonchev–Trinajstić information content (AvgIpc) is 2.14. The van der Waals surface area contributed by atoms with Gasteiger partial charge in [-0.15, -0.1) is 0 Å². The highest BCUT2D eigenvalue weighted by Gasteiger charge is 2.19. The molecule has 1 atom stereocenters. The summed E-state index contributed by atoms with van der Waals surface area (Å²) in [6.45, 7) is 9.00. The van der Waals surface area contributed by atoms with Crippen molar-refractivity contribution in [3.8, 4) is 0 Å². The Kier molecular flexibility index (Phi) is 6.57. The number of unbranched alkanes of at least 4 members (excludes halogenated alkanes) is 2. The van der Waals surface area contributed by atoms with Crippen LogP contribution in [0.25, 0.3) is 0 Å². The summed E-state index contributed by atoms with van der Waals surface area (Å²) in [5.74, 6) is -0.0569. The van der Waals surface area contributed by atoms with Gasteiger partial charge in [-0.1, -0.05) is 40.0 Å². The van der Waals surface area contributed by atoms with Gasteiger partial charge in [0.2, 0.25) is 5.91 Å². The zero-order valence-corrected chi connectivity index (χ0v) is 10.6. The lowest BCUT2D eigenvalue weighted by atomic mass is 9.87. The van der Waals surface area contributed by atoms with Crippen molar-refractivity contribution in [1.82, 2.24) is 5.32 Å². The number of hydrogen-bond acceptors (Lipinski definition) is 2. The minimum absolute atomic E-state index is 0.0569. The molecular weight excluding hydrogens is 188 g/mol. The molecule has 3 heteroatoms. The molecule has 0 fully saturated rings. The molecule has 0 aromatic carbocycles. The average molecular weight is 214 g/mol. The SMILES string of the molecule is CCCCCC(C)(C)CNC(=O)[C@@H](C)N. The van der Waals surface area contributed by atoms with Crippen molar-refractivity contribution in [2.24, 2.45) is 11.1 Å². The summed E-state index contributed by atoms with van der Waals surface area (Å²) >= 11 is 0. The molecular formula is C12H26N2O. The molecule has 15 heavy (non-hydrogen) atoms. The Morgan fingerprint density at radius 3 is 2.47 bits per heavy atom. The number of nitrogens with one attached hydrogen (secondary N) is 1. The molecule has 0 saturated carbocycles. The highest BCUT2D eigenvalue weighted by molar-refractivity contribution is 5.80. The van der Waals surface area contributed by atoms with Crippen molar-refractivity contribution >= 4 is 5.91 Å². The molecule has 0 heterocycles. The second-order valence-electron chi connectivity index (χ2n) is 5.13. The van der Waals surface area contributed by atoms with E-state index in [1.165, 1.54) is 19.3 Å². The summed E-state index contributed by atoms with van der Waals surface area (Å²) in [5, 5.41) is 2.89. The predicted molar refractivity (Wildman–Crippen MR) is 64.6 cm³/mol. The zero-order chi connectivity index (χ0) is 11.9. The van der Waals surface area contributed by atoms with Gasteiger partial charge in [0.1, 0.15) is 0 Å². The van der Waals surface area contributed by atoms with Crippen LogP contribution in [0.15, 0.2) is 0 Å². The molecule has 0 aromatic heterocycles. The Balaban J connectivity index is 3.77. The van der Waals surface area contributed by atoms with E-state index in [9.17, 15) is 4.79 Å². The molecule has 0 aliphatic carbocycles. The molecule has 0 unspecified atom stereocenters. The minimum atomic E-state index is -0.406. The lowest BCUT2D eigenvalue weighted by molar-refractivity contribution is -0.122. The van der Waals surface area contributed by atoms with E-state index in [0.717, 1.165) is 13.0 Å². The van der Waals surface area contributed by atoms with E-state index in [2.05, 4.69) is 26.1 Å². The van der Waals surface area contributed by atoms with E-state index in [1.807, 2.05) is 0 Å². The van der Waals surface area contributed by atoms with Crippen LogP contribution in [0.3, 0.4) is 0 Å². The van der Waals surface area contributed by atoms with E-state index in [4.69, 9.17) is 5.73 Å². The maximum absolute atomic E-state index is 11.3. The van der Waals surface area contributed by atoms with E-state index >= 15 is 0 Å². The van der Waals surface area contributed by atoms with Gasteiger partial charge < -0.3 is 11.1 Å². The minimum Gasteiger partial charge on any atom is -0.354 e. The maximum atomic E-state index is 11.3. The van der Waals surface area contributed by atoms with Crippen LogP contribution in [0.5, 0.6) is 0 Å². The second-order valence-corrected chi connectivity index (χ2v) is 5.13. The van der Waals surface area contributed by atoms with E-state index in [0.29, 0.717) is 0 Å². The van der Waals surface area contributed by atoms with Crippen LogP contribution in [0.1, 0.15) is 53.4 Å². The van der Waals surface area contributed by atoms with E-state index in [1.54, 1.807) is 6.92 Å². The third kappa shape index (κ3) is 7.37. The van der Waals surface area contributed by atoms with Crippen LogP contribution in [0, 0.1) is 5.41 Å². The highest BCUT2D eigenvalue weighted by Crippen LogP contribution is 2.22. The van der Waals surface area contributed by atoms with Gasteiger partial charge in [0.05, 0.1) is 6.04 Å². The lowest BCUT2D eigenvalue weighted by Gasteiger charge is -2.25. The van der Waals surface area contributed by atoms with Gasteiger partial charge >= 0.3 is 0 Å². The normalized spacial score (nSPS) is 13.7. The van der Waals surface area contributed by atoms with Gasteiger partial charge in [-0.05, 0) is 18.8 Å². The van der Waals surface area contributed by atoms with E-state index in [-0.39, 0.29) is 11.3 Å². The highest BCUT2D eigenvalue weighted by atomic mass is 16.2. The Hall–Kier alpha value is -0.570. The number of carbonyl (C=O) groups is 1. The van der Waals surface area contributed by atoms with Crippen molar-refractivity contribution in [3.63, 3.8) is 0 Å². The Morgan fingerprint density at radius 2 is 2.00 bits per heavy atom. The molecule has 90 valence electrons. The van der Waals surface area contributed by atoms with Gasteiger partial charge in [0.15, 0.2) is 0 Å². The summed E-state index contributed by atoms with van der Waals surface area (Å²) < 4.78 is 0. The molecule has 0 aromatic rings. The molecule has 0 radical (unpaired) electrons. The van der Waals surface area contributed by atoms with Gasteiger partial charge in [0, 0.05) is 6.54 Å². The fourth-order valence-electron chi connectivity index (χ4n) is 1.43. The molecule has 0 bridgehead atoms. The molecule has 0 rings (SSSR count). The fraction of sp³-hybridized carbons (Fsp3) is 0.917. The number of nitrogens with two attached hydrogens (primary N) is 1. The Labute approximate surface area is 93.8 Å². The Bertz CT molecular complexity index is 188. The summed E-state index contributed by atoms with van der Waals surface area (Å²) in [5.41, 5.74) is 5.66. The van der Waals surface area contributed by atoms with Gasteiger partial charge in [-0.25, -0.2) is 0 Å². The summed E-state index contributed by atoms with van der Waals surface area (Å²) in [6.07, 6.45) is 4.89. The molecule has 1 amide bonds. The monoisotopic (exact) mass is 214 g/mol. The molecule has 0 spiro atoms. The first-order chi connectivity index (χ1) is 6.89. The van der Waals surface area contributed by atoms with E-state index < -0.39 is 6.04 Å². The topological polar surface area (TPSA) is 55.1 Å². The van der Waals surface area contributed by atoms with Crippen molar-refractivity contribution in [2.45, 2.75) is 59.4 Å². The van der Waals surface area contributed by atoms with Crippen molar-refractivity contribution in [1.29, 1.82) is 0 Å². The van der Waals surface area contributed by atoms with Crippen LogP contribution in [-0.2, 0) is 4.79 Å². The van der Waals surface area contributed by atoms with Gasteiger partial charge in [-0.3, -0.25) is 4.79 Å². The first-order valence-electron chi connectivity index (χ1n) is 5.92. The number of hydrogen-bond donors (Lipinski definition) is 2. The van der Waals surface area contributed by atoms with Crippen LogP contribution >= 0.6 is 0 Å². The third-order valence-corrected chi connectivity index (χ3v) is 2.61. The van der Waals surface area contributed by atoms with Crippen LogP contribution in [0.2, 0.25) is 0 Å². The first-order valence-corrected chi connectivity index (χ1v) is 5.92. The summed E-state index contributed by atoms with van der Waals surface area (Å²) in [7, 11) is 0. The number of rotatable bonds is 7. The van der Waals surface area contributed by atoms with Crippen molar-refractivity contribution in [2.75, 3.05) is 6.54 Å². The number of carbonyl (C=O) groups excluding carboxylic acids is 1. The lowest BCUT2D eigenvalue weighted by Crippen LogP contribution is -2.42. The molecule has 3 N–H and O–H groups in total. The van der Waals surface area contributed by atoms with Crippen molar-refractivity contribution in [3.05, 3.63) is 0 Å². The summed E-state index contributed by atoms with van der Waals surface area (Å²) in [4.78, 5) is 11.3. The van der Waals surface area contributed by atoms with Gasteiger partial charge in [0.25, 0.3) is 0 Å². The van der Waals surface area contributed by atoms with Crippen LogP contribution in [-0.4, -0.2) is 18.5 Å². The zero-order valence-electron chi connectivity index (χ0n) is 10.6. The standard InChI is InChI=1S/C12H26N2O/c1-5-6-7-8-12(3,4)9-14-11(15)10(2)13/h10H,5-9,13H2,1-4H3,(H,14,15)/t10-/m1/s1. The largest absolute Gasteiger partial charge is 0.354 e. The third-order valence-electron chi connectivity index (χ3n) is 2.61. The van der Waals surface area contributed by atoms with Crippen molar-refractivity contribution < 1.29 is 4.79 Å². The number of amides is 1. The summed E-state index contributed by atoms with van der Waals surface area (Å²) in [6, 6.07) is -0.406. The predicted octanol–water partition coefficient (Wildman–Crippen LogP) is 2.06. The molecule has 0 aliphatic heterocycles. The smallest absolute Gasteiger partial charge is 0.236 e. The molecule has 0 saturated heterocycles. The van der Waals surface area contributed by atoms with Crippen LogP contribution < -0.4 is 11.1 Å².